The number of unbranched alkanes of at least 4 members (excludes halogenated alkanes) is 3. The van der Waals surface area contributed by atoms with E-state index in [-0.39, 0.29) is 5.91 Å². The molecule has 0 heterocycles. The molecule has 1 amide bonds. The van der Waals surface area contributed by atoms with Crippen LogP contribution in [0, 0.1) is 0 Å². The van der Waals surface area contributed by atoms with Gasteiger partial charge in [0, 0.05) is 11.3 Å². The molecule has 0 aromatic heterocycles. The van der Waals surface area contributed by atoms with Crippen molar-refractivity contribution in [2.45, 2.75) is 39.0 Å². The van der Waals surface area contributed by atoms with Crippen molar-refractivity contribution in [1.29, 1.82) is 0 Å². The van der Waals surface area contributed by atoms with Crippen LogP contribution in [0.3, 0.4) is 0 Å². The molecule has 2 nitrogen and oxygen atoms in total. The molecule has 0 aliphatic rings. The van der Waals surface area contributed by atoms with Gasteiger partial charge in [0.2, 0.25) is 0 Å². The standard InChI is InChI=1S/C21H25NO/c1-2-3-4-9-14-19(17-18-12-7-5-8-13-18)21(23)22-20-15-10-6-11-16-20/h5-8,10-13,15-17H,2-4,9,14H2,1H3,(H,22,23)/b19-17+. The first-order chi connectivity index (χ1) is 11.3. The summed E-state index contributed by atoms with van der Waals surface area (Å²) in [5.74, 6) is -0.00319. The summed E-state index contributed by atoms with van der Waals surface area (Å²) in [7, 11) is 0. The summed E-state index contributed by atoms with van der Waals surface area (Å²) >= 11 is 0. The van der Waals surface area contributed by atoms with Crippen molar-refractivity contribution < 1.29 is 4.79 Å². The Balaban J connectivity index is 2.08. The van der Waals surface area contributed by atoms with Crippen molar-refractivity contribution in [3.05, 3.63) is 71.8 Å². The molecule has 0 bridgehead atoms. The number of para-hydroxylation sites is 1. The van der Waals surface area contributed by atoms with Crippen LogP contribution in [-0.2, 0) is 4.79 Å². The summed E-state index contributed by atoms with van der Waals surface area (Å²) in [6.07, 6.45) is 7.46. The molecule has 2 heteroatoms. The van der Waals surface area contributed by atoms with Crippen LogP contribution in [0.15, 0.2) is 66.2 Å². The van der Waals surface area contributed by atoms with Gasteiger partial charge in [0.25, 0.3) is 5.91 Å². The zero-order valence-corrected chi connectivity index (χ0v) is 13.8. The molecule has 0 spiro atoms. The number of nitrogens with one attached hydrogen (secondary N) is 1. The van der Waals surface area contributed by atoms with Crippen molar-refractivity contribution in [3.63, 3.8) is 0 Å². The number of amides is 1. The molecule has 0 aliphatic heterocycles. The highest BCUT2D eigenvalue weighted by molar-refractivity contribution is 6.06. The van der Waals surface area contributed by atoms with Crippen molar-refractivity contribution >= 4 is 17.7 Å². The average Bonchev–Trinajstić information content (AvgIpc) is 2.59. The fraction of sp³-hybridized carbons (Fsp3) is 0.286. The van der Waals surface area contributed by atoms with Gasteiger partial charge < -0.3 is 5.32 Å². The van der Waals surface area contributed by atoms with Gasteiger partial charge in [0.05, 0.1) is 0 Å². The van der Waals surface area contributed by atoms with Crippen molar-refractivity contribution in [2.75, 3.05) is 5.32 Å². The van der Waals surface area contributed by atoms with E-state index in [0.29, 0.717) is 0 Å². The van der Waals surface area contributed by atoms with Crippen LogP contribution in [0.5, 0.6) is 0 Å². The molecule has 2 aromatic rings. The molecule has 23 heavy (non-hydrogen) atoms. The molecule has 0 fully saturated rings. The minimum Gasteiger partial charge on any atom is -0.322 e. The lowest BCUT2D eigenvalue weighted by atomic mass is 10.0. The number of anilines is 1. The zero-order chi connectivity index (χ0) is 16.3. The van der Waals surface area contributed by atoms with Gasteiger partial charge in [0.1, 0.15) is 0 Å². The molecular formula is C21H25NO. The average molecular weight is 307 g/mol. The predicted molar refractivity (Wildman–Crippen MR) is 98.2 cm³/mol. The summed E-state index contributed by atoms with van der Waals surface area (Å²) in [6, 6.07) is 19.7. The van der Waals surface area contributed by atoms with E-state index >= 15 is 0 Å². The molecule has 1 N–H and O–H groups in total. The lowest BCUT2D eigenvalue weighted by molar-refractivity contribution is -0.112. The maximum atomic E-state index is 12.6. The van der Waals surface area contributed by atoms with Gasteiger partial charge in [-0.15, -0.1) is 0 Å². The normalized spacial score (nSPS) is 11.3. The van der Waals surface area contributed by atoms with Gasteiger partial charge >= 0.3 is 0 Å². The van der Waals surface area contributed by atoms with E-state index in [1.54, 1.807) is 0 Å². The number of benzene rings is 2. The number of carbonyl (C=O) groups excluding carboxylic acids is 1. The highest BCUT2D eigenvalue weighted by Crippen LogP contribution is 2.17. The second-order valence-electron chi connectivity index (χ2n) is 5.71. The van der Waals surface area contributed by atoms with Gasteiger partial charge in [-0.25, -0.2) is 0 Å². The Morgan fingerprint density at radius 2 is 1.57 bits per heavy atom. The first kappa shape index (κ1) is 17.0. The Morgan fingerprint density at radius 3 is 2.22 bits per heavy atom. The molecule has 2 aromatic carbocycles. The third-order valence-electron chi connectivity index (χ3n) is 3.76. The molecule has 0 aliphatic carbocycles. The molecule has 2 rings (SSSR count). The highest BCUT2D eigenvalue weighted by Gasteiger charge is 2.10. The molecule has 0 saturated heterocycles. The Hall–Kier alpha value is -2.35. The largest absolute Gasteiger partial charge is 0.322 e. The maximum Gasteiger partial charge on any atom is 0.251 e. The number of rotatable bonds is 8. The number of carbonyl (C=O) groups is 1. The van der Waals surface area contributed by atoms with Crippen LogP contribution in [0.25, 0.3) is 6.08 Å². The minimum atomic E-state index is -0.00319. The summed E-state index contributed by atoms with van der Waals surface area (Å²) in [5.41, 5.74) is 2.75. The maximum absolute atomic E-state index is 12.6. The second-order valence-corrected chi connectivity index (χ2v) is 5.71. The van der Waals surface area contributed by atoms with E-state index in [1.807, 2.05) is 66.7 Å². The van der Waals surface area contributed by atoms with Crippen LogP contribution in [0.1, 0.15) is 44.6 Å². The Bertz CT molecular complexity index is 617. The molecule has 0 unspecified atom stereocenters. The summed E-state index contributed by atoms with van der Waals surface area (Å²) in [5, 5.41) is 3.00. The Morgan fingerprint density at radius 1 is 0.913 bits per heavy atom. The van der Waals surface area contributed by atoms with Gasteiger partial charge in [-0.05, 0) is 36.6 Å². The Kier molecular flexibility index (Phi) is 7.12. The van der Waals surface area contributed by atoms with Crippen molar-refractivity contribution in [2.24, 2.45) is 0 Å². The van der Waals surface area contributed by atoms with E-state index in [2.05, 4.69) is 12.2 Å². The topological polar surface area (TPSA) is 29.1 Å². The van der Waals surface area contributed by atoms with E-state index < -0.39 is 0 Å². The van der Waals surface area contributed by atoms with E-state index in [0.717, 1.165) is 29.7 Å². The molecule has 0 saturated carbocycles. The summed E-state index contributed by atoms with van der Waals surface area (Å²) in [6.45, 7) is 2.20. The monoisotopic (exact) mass is 307 g/mol. The fourth-order valence-corrected chi connectivity index (χ4v) is 2.48. The van der Waals surface area contributed by atoms with E-state index in [9.17, 15) is 4.79 Å². The van der Waals surface area contributed by atoms with Crippen LogP contribution >= 0.6 is 0 Å². The lowest BCUT2D eigenvalue weighted by Gasteiger charge is -2.09. The first-order valence-electron chi connectivity index (χ1n) is 8.41. The molecule has 120 valence electrons. The molecular weight excluding hydrogens is 282 g/mol. The molecule has 0 atom stereocenters. The van der Waals surface area contributed by atoms with E-state index in [4.69, 9.17) is 0 Å². The third kappa shape index (κ3) is 6.11. The first-order valence-corrected chi connectivity index (χ1v) is 8.41. The van der Waals surface area contributed by atoms with Crippen molar-refractivity contribution in [1.82, 2.24) is 0 Å². The summed E-state index contributed by atoms with van der Waals surface area (Å²) < 4.78 is 0. The van der Waals surface area contributed by atoms with Crippen LogP contribution in [-0.4, -0.2) is 5.91 Å². The van der Waals surface area contributed by atoms with Gasteiger partial charge in [0.15, 0.2) is 0 Å². The predicted octanol–water partition coefficient (Wildman–Crippen LogP) is 5.68. The third-order valence-corrected chi connectivity index (χ3v) is 3.76. The quantitative estimate of drug-likeness (QED) is 0.493. The Labute approximate surface area is 139 Å². The highest BCUT2D eigenvalue weighted by atomic mass is 16.1. The number of hydrogen-bond donors (Lipinski definition) is 1. The van der Waals surface area contributed by atoms with E-state index in [1.165, 1.54) is 19.3 Å². The second kappa shape index (κ2) is 9.62. The van der Waals surface area contributed by atoms with Crippen molar-refractivity contribution in [3.8, 4) is 0 Å². The van der Waals surface area contributed by atoms with Gasteiger partial charge in [-0.2, -0.15) is 0 Å². The van der Waals surface area contributed by atoms with Crippen LogP contribution in [0.2, 0.25) is 0 Å². The van der Waals surface area contributed by atoms with Crippen LogP contribution < -0.4 is 5.32 Å². The smallest absolute Gasteiger partial charge is 0.251 e. The lowest BCUT2D eigenvalue weighted by Crippen LogP contribution is -2.14. The minimum absolute atomic E-state index is 0.00319. The summed E-state index contributed by atoms with van der Waals surface area (Å²) in [4.78, 5) is 12.6. The van der Waals surface area contributed by atoms with Crippen LogP contribution in [0.4, 0.5) is 5.69 Å². The molecule has 0 radical (unpaired) electrons. The van der Waals surface area contributed by atoms with Gasteiger partial charge in [-0.3, -0.25) is 4.79 Å². The fourth-order valence-electron chi connectivity index (χ4n) is 2.48. The SMILES string of the molecule is CCCCCC/C(=C\c1ccccc1)C(=O)Nc1ccccc1. The van der Waals surface area contributed by atoms with Gasteiger partial charge in [-0.1, -0.05) is 74.7 Å². The zero-order valence-electron chi connectivity index (χ0n) is 13.8. The number of hydrogen-bond acceptors (Lipinski definition) is 1.